The summed E-state index contributed by atoms with van der Waals surface area (Å²) in [6.45, 7) is 0. The van der Waals surface area contributed by atoms with Crippen LogP contribution in [0, 0.1) is 0 Å². The van der Waals surface area contributed by atoms with Gasteiger partial charge in [-0.2, -0.15) is 5.10 Å². The Morgan fingerprint density at radius 2 is 2.18 bits per heavy atom. The molecule has 1 aromatic carbocycles. The Bertz CT molecular complexity index is 355. The molecule has 2 aromatic rings. The molecule has 0 aliphatic rings. The maximum Gasteiger partial charge on any atom is 0.0670 e. The van der Waals surface area contributed by atoms with Crippen LogP contribution in [0.2, 0.25) is 0 Å². The maximum absolute atomic E-state index is 5.54. The van der Waals surface area contributed by atoms with Gasteiger partial charge in [-0.25, -0.2) is 0 Å². The van der Waals surface area contributed by atoms with E-state index >= 15 is 0 Å². The van der Waals surface area contributed by atoms with Gasteiger partial charge in [-0.3, -0.25) is 5.10 Å². The number of nitrogens with zero attached hydrogens (tertiary/aromatic N) is 1. The number of anilines is 1. The number of nitrogens with two attached hydrogens (primary N) is 1. The highest BCUT2D eigenvalue weighted by Crippen LogP contribution is 2.12. The van der Waals surface area contributed by atoms with Gasteiger partial charge in [0, 0.05) is 11.1 Å². The Balaban J connectivity index is 0.000000605. The zero-order valence-electron chi connectivity index (χ0n) is 5.74. The van der Waals surface area contributed by atoms with Crippen molar-refractivity contribution in [2.75, 3.05) is 5.73 Å². The molecule has 0 spiro atoms. The summed E-state index contributed by atoms with van der Waals surface area (Å²) in [5, 5.41) is 7.78. The van der Waals surface area contributed by atoms with E-state index in [1.165, 1.54) is 0 Å². The summed E-state index contributed by atoms with van der Waals surface area (Å²) in [7, 11) is 0. The summed E-state index contributed by atoms with van der Waals surface area (Å²) < 4.78 is 0. The van der Waals surface area contributed by atoms with E-state index in [2.05, 4.69) is 10.2 Å². The third-order valence-electron chi connectivity index (χ3n) is 1.47. The fourth-order valence-corrected chi connectivity index (χ4v) is 0.955. The molecular weight excluding hydrogens is 206 g/mol. The molecule has 0 radical (unpaired) electrons. The molecule has 58 valence electrons. The van der Waals surface area contributed by atoms with Gasteiger partial charge < -0.3 is 5.73 Å². The number of H-pyrrole nitrogens is 1. The van der Waals surface area contributed by atoms with Crippen LogP contribution in [0.3, 0.4) is 0 Å². The molecule has 2 rings (SSSR count). The Morgan fingerprint density at radius 1 is 1.36 bits per heavy atom. The first-order valence-corrected chi connectivity index (χ1v) is 3.05. The van der Waals surface area contributed by atoms with Crippen molar-refractivity contribution in [1.29, 1.82) is 0 Å². The first-order chi connectivity index (χ1) is 4.86. The summed E-state index contributed by atoms with van der Waals surface area (Å²) in [4.78, 5) is 0. The molecule has 0 atom stereocenters. The molecule has 0 bridgehead atoms. The van der Waals surface area contributed by atoms with Gasteiger partial charge in [0.2, 0.25) is 0 Å². The summed E-state index contributed by atoms with van der Waals surface area (Å²) in [6.07, 6.45) is 1.77. The zero-order chi connectivity index (χ0) is 6.97. The van der Waals surface area contributed by atoms with Crippen molar-refractivity contribution in [2.45, 2.75) is 0 Å². The summed E-state index contributed by atoms with van der Waals surface area (Å²) in [5.41, 5.74) is 7.28. The molecule has 0 amide bonds. The number of fused-ring (bicyclic) bond motifs is 1. The third kappa shape index (κ3) is 1.35. The normalized spacial score (nSPS) is 9.45. The lowest BCUT2D eigenvalue weighted by atomic mass is 10.2. The number of nitrogen functional groups attached to an aromatic ring is 1. The molecule has 11 heavy (non-hydrogen) atoms. The van der Waals surface area contributed by atoms with Crippen molar-refractivity contribution in [3.05, 3.63) is 24.4 Å². The zero-order valence-corrected chi connectivity index (χ0v) is 7.46. The molecule has 0 saturated heterocycles. The van der Waals surface area contributed by atoms with Gasteiger partial charge in [0.25, 0.3) is 0 Å². The fraction of sp³-hybridized carbons (Fsp3) is 0. The minimum Gasteiger partial charge on any atom is -0.399 e. The minimum atomic E-state index is 0. The number of halogens is 1. The molecule has 3 N–H and O–H groups in total. The highest BCUT2D eigenvalue weighted by Gasteiger charge is 1.92. The SMILES string of the molecule is Br.Nc1ccc2cn[nH]c2c1. The Labute approximate surface area is 74.4 Å². The predicted molar refractivity (Wildman–Crippen MR) is 50.8 cm³/mol. The van der Waals surface area contributed by atoms with Crippen molar-refractivity contribution in [3.8, 4) is 0 Å². The lowest BCUT2D eigenvalue weighted by Gasteiger charge is -1.89. The second kappa shape index (κ2) is 2.92. The van der Waals surface area contributed by atoms with E-state index in [1.807, 2.05) is 18.2 Å². The van der Waals surface area contributed by atoms with Gasteiger partial charge in [0.15, 0.2) is 0 Å². The number of nitrogens with one attached hydrogen (secondary N) is 1. The first kappa shape index (κ1) is 8.07. The van der Waals surface area contributed by atoms with Gasteiger partial charge >= 0.3 is 0 Å². The molecule has 0 aliphatic heterocycles. The lowest BCUT2D eigenvalue weighted by Crippen LogP contribution is -1.81. The van der Waals surface area contributed by atoms with Crippen LogP contribution in [0.4, 0.5) is 5.69 Å². The first-order valence-electron chi connectivity index (χ1n) is 3.05. The molecule has 0 aliphatic carbocycles. The van der Waals surface area contributed by atoms with Crippen molar-refractivity contribution < 1.29 is 0 Å². The van der Waals surface area contributed by atoms with Crippen molar-refractivity contribution in [1.82, 2.24) is 10.2 Å². The van der Waals surface area contributed by atoms with Crippen LogP contribution in [-0.4, -0.2) is 10.2 Å². The summed E-state index contributed by atoms with van der Waals surface area (Å²) in [6, 6.07) is 5.66. The Morgan fingerprint density at radius 3 is 3.00 bits per heavy atom. The van der Waals surface area contributed by atoms with Crippen molar-refractivity contribution in [3.63, 3.8) is 0 Å². The second-order valence-corrected chi connectivity index (χ2v) is 2.22. The average Bonchev–Trinajstić information content (AvgIpc) is 2.33. The largest absolute Gasteiger partial charge is 0.399 e. The highest BCUT2D eigenvalue weighted by atomic mass is 79.9. The van der Waals surface area contributed by atoms with Crippen LogP contribution in [-0.2, 0) is 0 Å². The van der Waals surface area contributed by atoms with E-state index < -0.39 is 0 Å². The van der Waals surface area contributed by atoms with Crippen LogP contribution in [0.5, 0.6) is 0 Å². The topological polar surface area (TPSA) is 54.7 Å². The molecular formula is C7H8BrN3. The van der Waals surface area contributed by atoms with Gasteiger partial charge in [-0.1, -0.05) is 0 Å². The number of hydrogen-bond donors (Lipinski definition) is 2. The second-order valence-electron chi connectivity index (χ2n) is 2.22. The summed E-state index contributed by atoms with van der Waals surface area (Å²) in [5.74, 6) is 0. The number of rotatable bonds is 0. The number of benzene rings is 1. The van der Waals surface area contributed by atoms with Crippen molar-refractivity contribution >= 4 is 33.6 Å². The third-order valence-corrected chi connectivity index (χ3v) is 1.47. The standard InChI is InChI=1S/C7H7N3.BrH/c8-6-2-1-5-4-9-10-7(5)3-6;/h1-4H,8H2,(H,9,10);1H. The van der Waals surface area contributed by atoms with E-state index in [-0.39, 0.29) is 17.0 Å². The van der Waals surface area contributed by atoms with Gasteiger partial charge in [0.05, 0.1) is 11.7 Å². The van der Waals surface area contributed by atoms with Crippen LogP contribution < -0.4 is 5.73 Å². The van der Waals surface area contributed by atoms with Gasteiger partial charge in [-0.05, 0) is 18.2 Å². The highest BCUT2D eigenvalue weighted by molar-refractivity contribution is 8.93. The summed E-state index contributed by atoms with van der Waals surface area (Å²) >= 11 is 0. The molecule has 0 saturated carbocycles. The van der Waals surface area contributed by atoms with Crippen LogP contribution in [0.15, 0.2) is 24.4 Å². The number of aromatic nitrogens is 2. The fourth-order valence-electron chi connectivity index (χ4n) is 0.955. The van der Waals surface area contributed by atoms with Crippen LogP contribution in [0.25, 0.3) is 10.9 Å². The van der Waals surface area contributed by atoms with E-state index in [1.54, 1.807) is 6.20 Å². The quantitative estimate of drug-likeness (QED) is 0.656. The van der Waals surface area contributed by atoms with E-state index in [0.717, 1.165) is 16.6 Å². The Kier molecular flexibility index (Phi) is 2.14. The van der Waals surface area contributed by atoms with Crippen LogP contribution >= 0.6 is 17.0 Å². The van der Waals surface area contributed by atoms with Crippen molar-refractivity contribution in [2.24, 2.45) is 0 Å². The number of aromatic amines is 1. The predicted octanol–water partition coefficient (Wildman–Crippen LogP) is 1.72. The van der Waals surface area contributed by atoms with E-state index in [0.29, 0.717) is 0 Å². The average molecular weight is 214 g/mol. The molecule has 1 aromatic heterocycles. The van der Waals surface area contributed by atoms with E-state index in [4.69, 9.17) is 5.73 Å². The Hall–Kier alpha value is -1.03. The molecule has 0 fully saturated rings. The maximum atomic E-state index is 5.54. The molecule has 1 heterocycles. The number of hydrogen-bond acceptors (Lipinski definition) is 2. The van der Waals surface area contributed by atoms with Crippen LogP contribution in [0.1, 0.15) is 0 Å². The smallest absolute Gasteiger partial charge is 0.0670 e. The van der Waals surface area contributed by atoms with E-state index in [9.17, 15) is 0 Å². The lowest BCUT2D eigenvalue weighted by molar-refractivity contribution is 1.12. The van der Waals surface area contributed by atoms with Gasteiger partial charge in [-0.15, -0.1) is 17.0 Å². The molecule has 4 heteroatoms. The van der Waals surface area contributed by atoms with Gasteiger partial charge in [0.1, 0.15) is 0 Å². The molecule has 3 nitrogen and oxygen atoms in total. The minimum absolute atomic E-state index is 0. The monoisotopic (exact) mass is 213 g/mol. The molecule has 0 unspecified atom stereocenters.